The van der Waals surface area contributed by atoms with Gasteiger partial charge < -0.3 is 19.9 Å². The molecule has 1 aromatic carbocycles. The third-order valence-electron chi connectivity index (χ3n) is 6.04. The number of likely N-dealkylation sites (N-methyl/N-ethyl adjacent to an activating group) is 1. The first-order valence-corrected chi connectivity index (χ1v) is 10.7. The van der Waals surface area contributed by atoms with E-state index in [-0.39, 0.29) is 5.56 Å². The van der Waals surface area contributed by atoms with Crippen LogP contribution in [0.4, 0.5) is 11.5 Å². The predicted molar refractivity (Wildman–Crippen MR) is 127 cm³/mol. The minimum atomic E-state index is -0.182. The Hall–Kier alpha value is -3.71. The van der Waals surface area contributed by atoms with Crippen LogP contribution in [0.3, 0.4) is 0 Å². The summed E-state index contributed by atoms with van der Waals surface area (Å²) in [6.45, 7) is 2.22. The fourth-order valence-electron chi connectivity index (χ4n) is 4.31. The summed E-state index contributed by atoms with van der Waals surface area (Å²) < 4.78 is 5.30. The molecule has 1 unspecified atom stereocenters. The highest BCUT2D eigenvalue weighted by Gasteiger charge is 2.21. The highest BCUT2D eigenvalue weighted by Crippen LogP contribution is 2.30. The zero-order valence-electron chi connectivity index (χ0n) is 18.1. The molecule has 4 heterocycles. The highest BCUT2D eigenvalue weighted by molar-refractivity contribution is 5.95. The normalized spacial score (nSPS) is 16.4. The molecule has 32 heavy (non-hydrogen) atoms. The highest BCUT2D eigenvalue weighted by atomic mass is 16.5. The Morgan fingerprint density at radius 3 is 2.75 bits per heavy atom. The number of pyridine rings is 3. The van der Waals surface area contributed by atoms with Gasteiger partial charge in [0.2, 0.25) is 0 Å². The molecule has 1 fully saturated rings. The lowest BCUT2D eigenvalue weighted by Crippen LogP contribution is -2.13. The number of rotatable bonds is 5. The number of likely N-dealkylation sites (tertiary alicyclic amines) is 1. The lowest BCUT2D eigenvalue weighted by Gasteiger charge is -2.14. The number of hydrogen-bond acceptors (Lipinski definition) is 6. The molecule has 162 valence electrons. The van der Waals surface area contributed by atoms with Crippen LogP contribution in [-0.4, -0.2) is 47.1 Å². The third kappa shape index (κ3) is 3.94. The molecular weight excluding hydrogens is 402 g/mol. The maximum absolute atomic E-state index is 12.6. The smallest absolute Gasteiger partial charge is 0.259 e. The second kappa shape index (κ2) is 8.43. The van der Waals surface area contributed by atoms with Gasteiger partial charge in [-0.15, -0.1) is 0 Å². The number of nitrogens with zero attached hydrogens (tertiary/aromatic N) is 3. The van der Waals surface area contributed by atoms with Crippen LogP contribution in [0.5, 0.6) is 5.75 Å². The maximum Gasteiger partial charge on any atom is 0.259 e. The number of ether oxygens (including phenoxy) is 1. The number of benzene rings is 1. The largest absolute Gasteiger partial charge is 0.495 e. The van der Waals surface area contributed by atoms with Crippen molar-refractivity contribution in [3.8, 4) is 17.0 Å². The number of fused-ring (bicyclic) bond motifs is 1. The van der Waals surface area contributed by atoms with Crippen molar-refractivity contribution in [1.82, 2.24) is 19.9 Å². The molecule has 0 saturated carbocycles. The molecule has 1 aliphatic heterocycles. The van der Waals surface area contributed by atoms with Crippen molar-refractivity contribution in [2.45, 2.75) is 12.3 Å². The Labute approximate surface area is 186 Å². The summed E-state index contributed by atoms with van der Waals surface area (Å²) >= 11 is 0. The van der Waals surface area contributed by atoms with Gasteiger partial charge in [-0.1, -0.05) is 12.1 Å². The van der Waals surface area contributed by atoms with E-state index in [4.69, 9.17) is 9.72 Å². The first-order chi connectivity index (χ1) is 15.6. The molecule has 2 N–H and O–H groups in total. The number of anilines is 2. The molecule has 1 atom stereocenters. The predicted octanol–water partition coefficient (Wildman–Crippen LogP) is 4.16. The SMILES string of the molecule is COc1cncc(-c2cc3cc[nH]c(=O)c3c(Nc3ccc(C4CCN(C)C4)cc3)n2)c1. The van der Waals surface area contributed by atoms with Gasteiger partial charge in [0.05, 0.1) is 24.4 Å². The van der Waals surface area contributed by atoms with Crippen LogP contribution in [0.15, 0.2) is 65.8 Å². The summed E-state index contributed by atoms with van der Waals surface area (Å²) in [5, 5.41) is 4.68. The lowest BCUT2D eigenvalue weighted by molar-refractivity contribution is 0.411. The van der Waals surface area contributed by atoms with Crippen LogP contribution in [0.2, 0.25) is 0 Å². The molecule has 0 amide bonds. The van der Waals surface area contributed by atoms with Gasteiger partial charge in [-0.25, -0.2) is 4.98 Å². The maximum atomic E-state index is 12.6. The number of nitrogens with one attached hydrogen (secondary N) is 2. The van der Waals surface area contributed by atoms with Crippen molar-refractivity contribution in [2.24, 2.45) is 0 Å². The van der Waals surface area contributed by atoms with Gasteiger partial charge in [-0.05, 0) is 67.2 Å². The van der Waals surface area contributed by atoms with Gasteiger partial charge in [0.25, 0.3) is 5.56 Å². The van der Waals surface area contributed by atoms with E-state index < -0.39 is 0 Å². The zero-order valence-corrected chi connectivity index (χ0v) is 18.1. The van der Waals surface area contributed by atoms with E-state index in [2.05, 4.69) is 51.5 Å². The number of hydrogen-bond donors (Lipinski definition) is 2. The summed E-state index contributed by atoms with van der Waals surface area (Å²) in [6.07, 6.45) is 6.22. The average Bonchev–Trinajstić information content (AvgIpc) is 3.25. The van der Waals surface area contributed by atoms with E-state index in [1.54, 1.807) is 25.7 Å². The number of aromatic amines is 1. The van der Waals surface area contributed by atoms with E-state index in [1.807, 2.05) is 18.2 Å². The molecule has 1 saturated heterocycles. The molecule has 0 spiro atoms. The van der Waals surface area contributed by atoms with E-state index in [0.29, 0.717) is 28.6 Å². The van der Waals surface area contributed by atoms with Gasteiger partial charge in [0, 0.05) is 30.2 Å². The second-order valence-electron chi connectivity index (χ2n) is 8.24. The van der Waals surface area contributed by atoms with Gasteiger partial charge in [-0.3, -0.25) is 9.78 Å². The van der Waals surface area contributed by atoms with Crippen molar-refractivity contribution in [3.63, 3.8) is 0 Å². The molecule has 3 aromatic heterocycles. The summed E-state index contributed by atoms with van der Waals surface area (Å²) in [5.41, 5.74) is 3.57. The Bertz CT molecular complexity index is 1320. The van der Waals surface area contributed by atoms with Gasteiger partial charge in [0.15, 0.2) is 0 Å². The molecular formula is C25H25N5O2. The van der Waals surface area contributed by atoms with E-state index in [1.165, 1.54) is 12.0 Å². The minimum absolute atomic E-state index is 0.182. The Morgan fingerprint density at radius 2 is 2.00 bits per heavy atom. The molecule has 5 rings (SSSR count). The van der Waals surface area contributed by atoms with Crippen LogP contribution in [-0.2, 0) is 0 Å². The molecule has 4 aromatic rings. The third-order valence-corrected chi connectivity index (χ3v) is 6.04. The summed E-state index contributed by atoms with van der Waals surface area (Å²) in [5.74, 6) is 1.73. The minimum Gasteiger partial charge on any atom is -0.495 e. The van der Waals surface area contributed by atoms with Crippen molar-refractivity contribution in [3.05, 3.63) is 77.0 Å². The lowest BCUT2D eigenvalue weighted by atomic mass is 9.98. The van der Waals surface area contributed by atoms with Crippen molar-refractivity contribution < 1.29 is 4.74 Å². The fraction of sp³-hybridized carbons (Fsp3) is 0.240. The van der Waals surface area contributed by atoms with Crippen molar-refractivity contribution >= 4 is 22.3 Å². The van der Waals surface area contributed by atoms with Gasteiger partial charge in [0.1, 0.15) is 11.6 Å². The first-order valence-electron chi connectivity index (χ1n) is 10.7. The van der Waals surface area contributed by atoms with Crippen LogP contribution in [0.1, 0.15) is 17.9 Å². The first kappa shape index (κ1) is 20.2. The van der Waals surface area contributed by atoms with E-state index in [0.717, 1.165) is 29.7 Å². The molecule has 0 aliphatic carbocycles. The molecule has 1 aliphatic rings. The number of aromatic nitrogens is 3. The summed E-state index contributed by atoms with van der Waals surface area (Å²) in [7, 11) is 3.77. The Kier molecular flexibility index (Phi) is 5.33. The number of H-pyrrole nitrogens is 1. The quantitative estimate of drug-likeness (QED) is 0.498. The molecule has 0 radical (unpaired) electrons. The van der Waals surface area contributed by atoms with Gasteiger partial charge in [-0.2, -0.15) is 0 Å². The van der Waals surface area contributed by atoms with Gasteiger partial charge >= 0.3 is 0 Å². The van der Waals surface area contributed by atoms with Crippen molar-refractivity contribution in [1.29, 1.82) is 0 Å². The molecule has 7 heteroatoms. The average molecular weight is 428 g/mol. The Morgan fingerprint density at radius 1 is 1.16 bits per heavy atom. The zero-order chi connectivity index (χ0) is 22.1. The summed E-state index contributed by atoms with van der Waals surface area (Å²) in [6, 6.07) is 14.1. The topological polar surface area (TPSA) is 83.1 Å². The Balaban J connectivity index is 1.53. The molecule has 0 bridgehead atoms. The van der Waals surface area contributed by atoms with Crippen LogP contribution >= 0.6 is 0 Å². The summed E-state index contributed by atoms with van der Waals surface area (Å²) in [4.78, 5) is 26.8. The molecule has 7 nitrogen and oxygen atoms in total. The standard InChI is InChI=1S/C25H25N5O2/c1-30-10-8-18(15-30)16-3-5-20(6-4-16)28-24-23-17(7-9-27-25(23)31)12-22(29-24)19-11-21(32-2)14-26-13-19/h3-7,9,11-14,18H,8,10,15H2,1-2H3,(H,27,31)(H,28,29). The van der Waals surface area contributed by atoms with Crippen molar-refractivity contribution in [2.75, 3.05) is 32.6 Å². The fourth-order valence-corrected chi connectivity index (χ4v) is 4.31. The van der Waals surface area contributed by atoms with E-state index in [9.17, 15) is 4.79 Å². The van der Waals surface area contributed by atoms with Crippen LogP contribution < -0.4 is 15.6 Å². The van der Waals surface area contributed by atoms with Crippen LogP contribution in [0.25, 0.3) is 22.0 Å². The number of methoxy groups -OCH3 is 1. The van der Waals surface area contributed by atoms with E-state index >= 15 is 0 Å². The second-order valence-corrected chi connectivity index (χ2v) is 8.24. The monoisotopic (exact) mass is 427 g/mol. The van der Waals surface area contributed by atoms with Crippen LogP contribution in [0, 0.1) is 0 Å².